The summed E-state index contributed by atoms with van der Waals surface area (Å²) in [7, 11) is 0. The third-order valence-corrected chi connectivity index (χ3v) is 4.08. The second kappa shape index (κ2) is 8.80. The van der Waals surface area contributed by atoms with Gasteiger partial charge in [0, 0.05) is 7.97 Å². The van der Waals surface area contributed by atoms with Gasteiger partial charge in [0.05, 0.1) is 6.04 Å². The lowest BCUT2D eigenvalue weighted by atomic mass is 10.1. The Hall–Kier alpha value is -1.39. The highest BCUT2D eigenvalue weighted by Crippen LogP contribution is 2.09. The van der Waals surface area contributed by atoms with E-state index in [1.807, 2.05) is 30.3 Å². The number of likely N-dealkylation sites (tertiary alicyclic amines) is 1. The van der Waals surface area contributed by atoms with E-state index in [2.05, 4.69) is 10.2 Å². The summed E-state index contributed by atoms with van der Waals surface area (Å²) < 4.78 is 0. The third-order valence-electron chi connectivity index (χ3n) is 4.08. The Morgan fingerprint density at radius 3 is 2.67 bits per heavy atom. The number of benzene rings is 1. The number of nitrogens with two attached hydrogens (primary N) is 1. The fraction of sp³-hybridized carbons (Fsp3) is 0.588. The SMILES string of the molecule is NC(CCCN1CCCCC1)C(=O)NCc1ccccc1.[HH]. The molecule has 0 spiro atoms. The highest BCUT2D eigenvalue weighted by Gasteiger charge is 2.14. The molecule has 1 heterocycles. The van der Waals surface area contributed by atoms with Gasteiger partial charge < -0.3 is 16.0 Å². The van der Waals surface area contributed by atoms with Gasteiger partial charge in [-0.15, -0.1) is 0 Å². The van der Waals surface area contributed by atoms with Crippen LogP contribution in [0.4, 0.5) is 0 Å². The summed E-state index contributed by atoms with van der Waals surface area (Å²) in [6, 6.07) is 9.53. The van der Waals surface area contributed by atoms with Crippen LogP contribution in [0.3, 0.4) is 0 Å². The van der Waals surface area contributed by atoms with Gasteiger partial charge >= 0.3 is 0 Å². The maximum atomic E-state index is 11.9. The lowest BCUT2D eigenvalue weighted by Crippen LogP contribution is -2.41. The zero-order valence-corrected chi connectivity index (χ0v) is 12.8. The fourth-order valence-electron chi connectivity index (χ4n) is 2.77. The van der Waals surface area contributed by atoms with Crippen molar-refractivity contribution in [1.29, 1.82) is 0 Å². The van der Waals surface area contributed by atoms with E-state index in [9.17, 15) is 4.79 Å². The Balaban J connectivity index is 0.00000242. The minimum atomic E-state index is -0.390. The monoisotopic (exact) mass is 291 g/mol. The molecular formula is C17H29N3O. The first-order valence-electron chi connectivity index (χ1n) is 8.05. The van der Waals surface area contributed by atoms with Crippen LogP contribution in [0.5, 0.6) is 0 Å². The number of hydrogen-bond donors (Lipinski definition) is 2. The quantitative estimate of drug-likeness (QED) is 0.809. The van der Waals surface area contributed by atoms with Crippen molar-refractivity contribution in [2.24, 2.45) is 5.73 Å². The van der Waals surface area contributed by atoms with Crippen molar-refractivity contribution >= 4 is 5.91 Å². The van der Waals surface area contributed by atoms with Crippen LogP contribution in [0.2, 0.25) is 0 Å². The van der Waals surface area contributed by atoms with Gasteiger partial charge in [-0.05, 0) is 50.9 Å². The molecule has 2 rings (SSSR count). The molecule has 1 saturated heterocycles. The van der Waals surface area contributed by atoms with Crippen molar-refractivity contribution in [3.05, 3.63) is 35.9 Å². The second-order valence-electron chi connectivity index (χ2n) is 5.85. The summed E-state index contributed by atoms with van der Waals surface area (Å²) in [6.07, 6.45) is 5.74. The van der Waals surface area contributed by atoms with Crippen LogP contribution in [-0.2, 0) is 11.3 Å². The first kappa shape index (κ1) is 16.0. The van der Waals surface area contributed by atoms with Crippen molar-refractivity contribution in [3.63, 3.8) is 0 Å². The highest BCUT2D eigenvalue weighted by molar-refractivity contribution is 5.81. The van der Waals surface area contributed by atoms with Crippen LogP contribution >= 0.6 is 0 Å². The molecule has 0 aliphatic carbocycles. The predicted octanol–water partition coefficient (Wildman–Crippen LogP) is 2.14. The average molecular weight is 291 g/mol. The summed E-state index contributed by atoms with van der Waals surface area (Å²) in [5.74, 6) is -0.0440. The number of nitrogens with one attached hydrogen (secondary N) is 1. The van der Waals surface area contributed by atoms with Crippen LogP contribution in [0.25, 0.3) is 0 Å². The molecule has 0 bridgehead atoms. The second-order valence-corrected chi connectivity index (χ2v) is 5.85. The molecule has 0 aromatic heterocycles. The van der Waals surface area contributed by atoms with Crippen molar-refractivity contribution in [1.82, 2.24) is 10.2 Å². The summed E-state index contributed by atoms with van der Waals surface area (Å²) in [5, 5.41) is 2.91. The molecule has 1 atom stereocenters. The van der Waals surface area contributed by atoms with Gasteiger partial charge in [-0.1, -0.05) is 36.8 Å². The van der Waals surface area contributed by atoms with Gasteiger partial charge in [-0.2, -0.15) is 0 Å². The minimum Gasteiger partial charge on any atom is -0.351 e. The van der Waals surface area contributed by atoms with E-state index in [1.165, 1.54) is 32.4 Å². The number of hydrogen-bond acceptors (Lipinski definition) is 3. The summed E-state index contributed by atoms with van der Waals surface area (Å²) in [6.45, 7) is 4.03. The Morgan fingerprint density at radius 2 is 1.95 bits per heavy atom. The fourth-order valence-corrected chi connectivity index (χ4v) is 2.77. The number of carbonyl (C=O) groups excluding carboxylic acids is 1. The Morgan fingerprint density at radius 1 is 1.24 bits per heavy atom. The zero-order chi connectivity index (χ0) is 14.9. The van der Waals surface area contributed by atoms with Crippen molar-refractivity contribution < 1.29 is 6.22 Å². The molecule has 1 aliphatic rings. The molecule has 0 saturated carbocycles. The van der Waals surface area contributed by atoms with E-state index in [0.29, 0.717) is 6.54 Å². The van der Waals surface area contributed by atoms with Gasteiger partial charge in [0.15, 0.2) is 0 Å². The van der Waals surface area contributed by atoms with Crippen molar-refractivity contribution in [2.75, 3.05) is 19.6 Å². The van der Waals surface area contributed by atoms with Crippen LogP contribution in [-0.4, -0.2) is 36.5 Å². The molecule has 1 aromatic rings. The van der Waals surface area contributed by atoms with E-state index in [1.54, 1.807) is 0 Å². The van der Waals surface area contributed by atoms with E-state index >= 15 is 0 Å². The standard InChI is InChI=1S/C17H27N3O.H2/c18-16(10-7-13-20-11-5-2-6-12-20)17(21)19-14-15-8-3-1-4-9-15;/h1,3-4,8-9,16H,2,5-7,10-14,18H2,(H,19,21);1H. The summed E-state index contributed by atoms with van der Waals surface area (Å²) >= 11 is 0. The van der Waals surface area contributed by atoms with Gasteiger partial charge in [0.25, 0.3) is 0 Å². The maximum Gasteiger partial charge on any atom is 0.237 e. The molecule has 4 nitrogen and oxygen atoms in total. The molecule has 118 valence electrons. The van der Waals surface area contributed by atoms with Crippen LogP contribution < -0.4 is 11.1 Å². The van der Waals surface area contributed by atoms with E-state index < -0.39 is 6.04 Å². The molecule has 1 fully saturated rings. The van der Waals surface area contributed by atoms with Gasteiger partial charge in [0.2, 0.25) is 5.91 Å². The van der Waals surface area contributed by atoms with Crippen molar-refractivity contribution in [2.45, 2.75) is 44.7 Å². The Kier molecular flexibility index (Phi) is 6.70. The van der Waals surface area contributed by atoms with E-state index in [4.69, 9.17) is 5.73 Å². The number of piperidine rings is 1. The predicted molar refractivity (Wildman–Crippen MR) is 87.9 cm³/mol. The molecular weight excluding hydrogens is 262 g/mol. The number of rotatable bonds is 7. The van der Waals surface area contributed by atoms with Crippen molar-refractivity contribution in [3.8, 4) is 0 Å². The lowest BCUT2D eigenvalue weighted by Gasteiger charge is -2.26. The normalized spacial score (nSPS) is 17.4. The Bertz CT molecular complexity index is 421. The number of carbonyl (C=O) groups is 1. The van der Waals surface area contributed by atoms with Gasteiger partial charge in [-0.25, -0.2) is 0 Å². The molecule has 1 unspecified atom stereocenters. The zero-order valence-electron chi connectivity index (χ0n) is 12.8. The topological polar surface area (TPSA) is 58.4 Å². The van der Waals surface area contributed by atoms with E-state index in [0.717, 1.165) is 24.9 Å². The number of amides is 1. The summed E-state index contributed by atoms with van der Waals surface area (Å²) in [4.78, 5) is 14.4. The largest absolute Gasteiger partial charge is 0.351 e. The van der Waals surface area contributed by atoms with Crippen LogP contribution in [0, 0.1) is 0 Å². The molecule has 1 aromatic carbocycles. The molecule has 1 amide bonds. The highest BCUT2D eigenvalue weighted by atomic mass is 16.2. The van der Waals surface area contributed by atoms with Gasteiger partial charge in [0.1, 0.15) is 0 Å². The Labute approximate surface area is 129 Å². The third kappa shape index (κ3) is 5.86. The molecule has 4 heteroatoms. The smallest absolute Gasteiger partial charge is 0.237 e. The molecule has 1 aliphatic heterocycles. The van der Waals surface area contributed by atoms with E-state index in [-0.39, 0.29) is 7.33 Å². The lowest BCUT2D eigenvalue weighted by molar-refractivity contribution is -0.122. The maximum absolute atomic E-state index is 11.9. The van der Waals surface area contributed by atoms with Gasteiger partial charge in [-0.3, -0.25) is 4.79 Å². The first-order valence-corrected chi connectivity index (χ1v) is 8.05. The average Bonchev–Trinajstić information content (AvgIpc) is 2.54. The first-order chi connectivity index (χ1) is 10.3. The molecule has 21 heavy (non-hydrogen) atoms. The van der Waals surface area contributed by atoms with Crippen LogP contribution in [0.15, 0.2) is 30.3 Å². The number of nitrogens with zero attached hydrogens (tertiary/aromatic N) is 1. The molecule has 3 N–H and O–H groups in total. The summed E-state index contributed by atoms with van der Waals surface area (Å²) in [5.41, 5.74) is 7.07. The van der Waals surface area contributed by atoms with Crippen LogP contribution in [0.1, 0.15) is 39.1 Å². The minimum absolute atomic E-state index is 0. The molecule has 0 radical (unpaired) electrons.